The van der Waals surface area contributed by atoms with Gasteiger partial charge in [-0.05, 0) is 55.8 Å². The van der Waals surface area contributed by atoms with Gasteiger partial charge in [0.15, 0.2) is 0 Å². The predicted molar refractivity (Wildman–Crippen MR) is 184 cm³/mol. The number of benzene rings is 7. The molecular weight excluding hydrogens is 551 g/mol. The predicted octanol–water partition coefficient (Wildman–Crippen LogP) is 8.45. The Morgan fingerprint density at radius 3 is 1.87 bits per heavy atom. The maximum Gasteiger partial charge on any atom is 0.492 e. The summed E-state index contributed by atoms with van der Waals surface area (Å²) in [6, 6.07) is 53.1. The second-order valence-electron chi connectivity index (χ2n) is 11.8. The van der Waals surface area contributed by atoms with Crippen LogP contribution < -0.4 is 5.46 Å². The lowest BCUT2D eigenvalue weighted by Gasteiger charge is -2.34. The van der Waals surface area contributed by atoms with Crippen molar-refractivity contribution < 1.29 is 14.5 Å². The highest BCUT2D eigenvalue weighted by Gasteiger charge is 2.46. The first-order chi connectivity index (χ1) is 22.2. The highest BCUT2D eigenvalue weighted by Crippen LogP contribution is 2.56. The molecule has 0 unspecified atom stereocenters. The van der Waals surface area contributed by atoms with Gasteiger partial charge in [0.05, 0.1) is 5.41 Å². The normalized spacial score (nSPS) is 13.3. The lowest BCUT2D eigenvalue weighted by Crippen LogP contribution is -2.30. The van der Waals surface area contributed by atoms with Crippen LogP contribution in [0.25, 0.3) is 55.0 Å². The zero-order valence-corrected chi connectivity index (χ0v) is 24.3. The molecule has 8 aromatic rings. The molecule has 45 heavy (non-hydrogen) atoms. The summed E-state index contributed by atoms with van der Waals surface area (Å²) in [5.41, 5.74) is 10.5. The first-order valence-corrected chi connectivity index (χ1v) is 15.2. The summed E-state index contributed by atoms with van der Waals surface area (Å²) in [5, 5.41) is 24.5. The number of fused-ring (bicyclic) bond motifs is 8. The van der Waals surface area contributed by atoms with E-state index in [2.05, 4.69) is 127 Å². The minimum atomic E-state index is -1.66. The van der Waals surface area contributed by atoms with Crippen molar-refractivity contribution in [2.45, 2.75) is 5.41 Å². The van der Waals surface area contributed by atoms with Gasteiger partial charge in [-0.3, -0.25) is 0 Å². The smallest absolute Gasteiger partial charge is 0.456 e. The van der Waals surface area contributed by atoms with Crippen LogP contribution in [-0.2, 0) is 5.41 Å². The van der Waals surface area contributed by atoms with Gasteiger partial charge in [0.25, 0.3) is 0 Å². The second kappa shape index (κ2) is 9.80. The Labute approximate surface area is 260 Å². The van der Waals surface area contributed by atoms with Gasteiger partial charge in [0.1, 0.15) is 11.2 Å². The third-order valence-electron chi connectivity index (χ3n) is 9.57. The van der Waals surface area contributed by atoms with Crippen LogP contribution in [0.4, 0.5) is 0 Å². The van der Waals surface area contributed by atoms with Crippen molar-refractivity contribution in [3.05, 3.63) is 174 Å². The Morgan fingerprint density at radius 1 is 0.489 bits per heavy atom. The molecular formula is C41H27BO3. The minimum Gasteiger partial charge on any atom is -0.456 e. The van der Waals surface area contributed by atoms with E-state index in [1.54, 1.807) is 0 Å². The monoisotopic (exact) mass is 578 g/mol. The molecule has 0 bridgehead atoms. The van der Waals surface area contributed by atoms with E-state index in [1.807, 2.05) is 24.3 Å². The van der Waals surface area contributed by atoms with Gasteiger partial charge in [0, 0.05) is 21.8 Å². The van der Waals surface area contributed by atoms with E-state index in [-0.39, 0.29) is 0 Å². The SMILES string of the molecule is OB(O)c1cc2ccccc2c2c1oc1c(-c3ccc4c(c3)C(c3ccccc3)(c3ccccc3)c3ccccc3-4)cccc12. The largest absolute Gasteiger partial charge is 0.492 e. The van der Waals surface area contributed by atoms with Crippen LogP contribution in [0.15, 0.2) is 156 Å². The van der Waals surface area contributed by atoms with Crippen LogP contribution in [-0.4, -0.2) is 17.2 Å². The molecule has 212 valence electrons. The van der Waals surface area contributed by atoms with E-state index in [9.17, 15) is 10.0 Å². The second-order valence-corrected chi connectivity index (χ2v) is 11.8. The van der Waals surface area contributed by atoms with Gasteiger partial charge in [-0.1, -0.05) is 146 Å². The quantitative estimate of drug-likeness (QED) is 0.206. The molecule has 3 nitrogen and oxygen atoms in total. The summed E-state index contributed by atoms with van der Waals surface area (Å²) in [6.07, 6.45) is 0. The zero-order valence-electron chi connectivity index (χ0n) is 24.3. The number of hydrogen-bond donors (Lipinski definition) is 2. The summed E-state index contributed by atoms with van der Waals surface area (Å²) in [7, 11) is -1.66. The standard InChI is InChI=1S/C41H27BO3/c43-42(44)37-25-26-12-7-8-17-30(26)38-34-20-11-19-31(39(34)45-40(37)38)27-22-23-33-32-18-9-10-21-35(32)41(36(33)24-27,28-13-3-1-4-14-28)29-15-5-2-6-16-29/h1-25,43-44H. The van der Waals surface area contributed by atoms with Crippen molar-refractivity contribution in [2.24, 2.45) is 0 Å². The number of rotatable bonds is 4. The van der Waals surface area contributed by atoms with Crippen molar-refractivity contribution in [1.82, 2.24) is 0 Å². The molecule has 0 saturated carbocycles. The molecule has 0 aliphatic heterocycles. The maximum atomic E-state index is 10.4. The fourth-order valence-electron chi connectivity index (χ4n) is 7.70. The van der Waals surface area contributed by atoms with Crippen LogP contribution in [0.5, 0.6) is 0 Å². The van der Waals surface area contributed by atoms with E-state index in [0.29, 0.717) is 11.0 Å². The Morgan fingerprint density at radius 2 is 1.11 bits per heavy atom. The third kappa shape index (κ3) is 3.61. The van der Waals surface area contributed by atoms with E-state index in [4.69, 9.17) is 4.42 Å². The summed E-state index contributed by atoms with van der Waals surface area (Å²) in [6.45, 7) is 0. The van der Waals surface area contributed by atoms with Crippen LogP contribution in [0, 0.1) is 0 Å². The number of hydrogen-bond acceptors (Lipinski definition) is 3. The topological polar surface area (TPSA) is 53.6 Å². The van der Waals surface area contributed by atoms with Crippen molar-refractivity contribution in [3.8, 4) is 22.3 Å². The Bertz CT molecular complexity index is 2370. The molecule has 1 aliphatic carbocycles. The minimum absolute atomic E-state index is 0.363. The Hall–Kier alpha value is -5.42. The molecule has 1 aromatic heterocycles. The summed E-state index contributed by atoms with van der Waals surface area (Å²) < 4.78 is 6.62. The average Bonchev–Trinajstić information content (AvgIpc) is 3.63. The zero-order chi connectivity index (χ0) is 30.1. The van der Waals surface area contributed by atoms with Crippen LogP contribution in [0.1, 0.15) is 22.3 Å². The third-order valence-corrected chi connectivity index (χ3v) is 9.57. The highest BCUT2D eigenvalue weighted by atomic mass is 16.4. The molecule has 9 rings (SSSR count). The molecule has 1 aliphatic rings. The van der Waals surface area contributed by atoms with Crippen LogP contribution in [0.2, 0.25) is 0 Å². The Kier molecular flexibility index (Phi) is 5.67. The molecule has 0 atom stereocenters. The highest BCUT2D eigenvalue weighted by molar-refractivity contribution is 6.62. The molecule has 0 amide bonds. The van der Waals surface area contributed by atoms with Gasteiger partial charge in [-0.15, -0.1) is 0 Å². The molecule has 0 saturated heterocycles. The van der Waals surface area contributed by atoms with Gasteiger partial charge in [-0.25, -0.2) is 0 Å². The van der Waals surface area contributed by atoms with Crippen molar-refractivity contribution >= 4 is 45.3 Å². The summed E-state index contributed by atoms with van der Waals surface area (Å²) >= 11 is 0. The van der Waals surface area contributed by atoms with Gasteiger partial charge in [-0.2, -0.15) is 0 Å². The molecule has 1 heterocycles. The first kappa shape index (κ1) is 26.0. The average molecular weight is 578 g/mol. The fourth-order valence-corrected chi connectivity index (χ4v) is 7.70. The Balaban J connectivity index is 1.36. The van der Waals surface area contributed by atoms with Gasteiger partial charge in [0.2, 0.25) is 0 Å². The maximum absolute atomic E-state index is 10.4. The summed E-state index contributed by atoms with van der Waals surface area (Å²) in [5.74, 6) is 0. The van der Waals surface area contributed by atoms with Gasteiger partial charge >= 0.3 is 7.12 Å². The lowest BCUT2D eigenvalue weighted by molar-refractivity contribution is 0.425. The molecule has 7 aromatic carbocycles. The number of furan rings is 1. The van der Waals surface area contributed by atoms with Crippen LogP contribution >= 0.6 is 0 Å². The lowest BCUT2D eigenvalue weighted by atomic mass is 9.67. The molecule has 0 radical (unpaired) electrons. The molecule has 2 N–H and O–H groups in total. The molecule has 0 spiro atoms. The first-order valence-electron chi connectivity index (χ1n) is 15.2. The molecule has 0 fully saturated rings. The fraction of sp³-hybridized carbons (Fsp3) is 0.0244. The van der Waals surface area contributed by atoms with Gasteiger partial charge < -0.3 is 14.5 Å². The molecule has 4 heteroatoms. The van der Waals surface area contributed by atoms with Crippen molar-refractivity contribution in [2.75, 3.05) is 0 Å². The van der Waals surface area contributed by atoms with E-state index in [1.165, 1.54) is 33.4 Å². The van der Waals surface area contributed by atoms with Crippen molar-refractivity contribution in [1.29, 1.82) is 0 Å². The summed E-state index contributed by atoms with van der Waals surface area (Å²) in [4.78, 5) is 0. The van der Waals surface area contributed by atoms with E-state index >= 15 is 0 Å². The van der Waals surface area contributed by atoms with E-state index in [0.717, 1.165) is 38.3 Å². The van der Waals surface area contributed by atoms with Crippen LogP contribution in [0.3, 0.4) is 0 Å². The number of para-hydroxylation sites is 1. The van der Waals surface area contributed by atoms with E-state index < -0.39 is 12.5 Å². The van der Waals surface area contributed by atoms with Crippen molar-refractivity contribution in [3.63, 3.8) is 0 Å².